The standard InChI is InChI=1S/C21H17F3N2O3/c1-13(29-18-11-8-14-4-2-3-5-16(14)12-18)19(27)25-26-20(28)15-6-9-17(10-7-15)21(22,23)24/h2-13H,1H3,(H,25,27)(H,26,28)/t13-/m0/s1. The first-order valence-electron chi connectivity index (χ1n) is 8.67. The third kappa shape index (κ3) is 5.04. The second-order valence-electron chi connectivity index (χ2n) is 6.29. The van der Waals surface area contributed by atoms with Crippen molar-refractivity contribution in [3.63, 3.8) is 0 Å². The van der Waals surface area contributed by atoms with Crippen LogP contribution >= 0.6 is 0 Å². The smallest absolute Gasteiger partial charge is 0.416 e. The summed E-state index contributed by atoms with van der Waals surface area (Å²) in [5, 5.41) is 1.98. The highest BCUT2D eigenvalue weighted by Crippen LogP contribution is 2.29. The SMILES string of the molecule is C[C@H](Oc1ccc2ccccc2c1)C(=O)NNC(=O)c1ccc(C(F)(F)F)cc1. The van der Waals surface area contributed by atoms with Gasteiger partial charge in [-0.15, -0.1) is 0 Å². The summed E-state index contributed by atoms with van der Waals surface area (Å²) >= 11 is 0. The van der Waals surface area contributed by atoms with Crippen molar-refractivity contribution in [2.45, 2.75) is 19.2 Å². The number of hydrazine groups is 1. The van der Waals surface area contributed by atoms with E-state index in [0.717, 1.165) is 35.0 Å². The van der Waals surface area contributed by atoms with Gasteiger partial charge in [0.2, 0.25) is 0 Å². The maximum absolute atomic E-state index is 12.6. The highest BCUT2D eigenvalue weighted by Gasteiger charge is 2.30. The molecule has 8 heteroatoms. The van der Waals surface area contributed by atoms with Crippen LogP contribution in [0.15, 0.2) is 66.7 Å². The van der Waals surface area contributed by atoms with Crippen LogP contribution in [0.2, 0.25) is 0 Å². The second-order valence-corrected chi connectivity index (χ2v) is 6.29. The molecular weight excluding hydrogens is 385 g/mol. The number of amides is 2. The van der Waals surface area contributed by atoms with Crippen molar-refractivity contribution < 1.29 is 27.5 Å². The molecule has 0 heterocycles. The van der Waals surface area contributed by atoms with Crippen LogP contribution in [0.4, 0.5) is 13.2 Å². The van der Waals surface area contributed by atoms with Crippen LogP contribution < -0.4 is 15.6 Å². The molecule has 0 aliphatic rings. The summed E-state index contributed by atoms with van der Waals surface area (Å²) in [4.78, 5) is 24.1. The fourth-order valence-corrected chi connectivity index (χ4v) is 2.60. The van der Waals surface area contributed by atoms with Gasteiger partial charge in [-0.3, -0.25) is 20.4 Å². The van der Waals surface area contributed by atoms with Gasteiger partial charge in [0, 0.05) is 5.56 Å². The molecule has 0 bridgehead atoms. The molecule has 0 spiro atoms. The first-order valence-corrected chi connectivity index (χ1v) is 8.67. The van der Waals surface area contributed by atoms with Gasteiger partial charge in [-0.2, -0.15) is 13.2 Å². The van der Waals surface area contributed by atoms with Crippen LogP contribution in [-0.2, 0) is 11.0 Å². The van der Waals surface area contributed by atoms with Gasteiger partial charge >= 0.3 is 6.18 Å². The maximum Gasteiger partial charge on any atom is 0.416 e. The zero-order chi connectivity index (χ0) is 21.0. The van der Waals surface area contributed by atoms with Crippen LogP contribution in [0, 0.1) is 0 Å². The van der Waals surface area contributed by atoms with Crippen molar-refractivity contribution in [3.8, 4) is 5.75 Å². The lowest BCUT2D eigenvalue weighted by Crippen LogP contribution is -2.47. The van der Waals surface area contributed by atoms with Crippen LogP contribution in [0.3, 0.4) is 0 Å². The normalized spacial score (nSPS) is 12.3. The van der Waals surface area contributed by atoms with Gasteiger partial charge in [-0.1, -0.05) is 30.3 Å². The Morgan fingerprint density at radius 1 is 0.897 bits per heavy atom. The monoisotopic (exact) mass is 402 g/mol. The largest absolute Gasteiger partial charge is 0.481 e. The number of alkyl halides is 3. The van der Waals surface area contributed by atoms with Crippen molar-refractivity contribution in [2.24, 2.45) is 0 Å². The minimum Gasteiger partial charge on any atom is -0.481 e. The molecule has 0 fully saturated rings. The first-order chi connectivity index (χ1) is 13.7. The van der Waals surface area contributed by atoms with E-state index >= 15 is 0 Å². The Morgan fingerprint density at radius 2 is 1.55 bits per heavy atom. The molecule has 0 aliphatic carbocycles. The summed E-state index contributed by atoms with van der Waals surface area (Å²) in [5.41, 5.74) is 3.46. The zero-order valence-corrected chi connectivity index (χ0v) is 15.3. The van der Waals surface area contributed by atoms with Crippen LogP contribution in [0.5, 0.6) is 5.75 Å². The maximum atomic E-state index is 12.6. The topological polar surface area (TPSA) is 67.4 Å². The minimum atomic E-state index is -4.49. The lowest BCUT2D eigenvalue weighted by atomic mass is 10.1. The van der Waals surface area contributed by atoms with E-state index in [2.05, 4.69) is 10.9 Å². The van der Waals surface area contributed by atoms with Gasteiger partial charge in [0.25, 0.3) is 11.8 Å². The summed E-state index contributed by atoms with van der Waals surface area (Å²) in [5.74, 6) is -0.871. The summed E-state index contributed by atoms with van der Waals surface area (Å²) in [6, 6.07) is 16.7. The highest BCUT2D eigenvalue weighted by atomic mass is 19.4. The molecule has 0 saturated carbocycles. The number of nitrogens with one attached hydrogen (secondary N) is 2. The van der Waals surface area contributed by atoms with Gasteiger partial charge in [0.1, 0.15) is 5.75 Å². The molecular formula is C21H17F3N2O3. The molecule has 0 saturated heterocycles. The van der Waals surface area contributed by atoms with Gasteiger partial charge in [-0.05, 0) is 54.1 Å². The van der Waals surface area contributed by atoms with Crippen LogP contribution in [0.1, 0.15) is 22.8 Å². The molecule has 1 atom stereocenters. The van der Waals surface area contributed by atoms with E-state index < -0.39 is 29.7 Å². The molecule has 2 amide bonds. The fraction of sp³-hybridized carbons (Fsp3) is 0.143. The second kappa shape index (κ2) is 8.22. The minimum absolute atomic E-state index is 0.0265. The number of fused-ring (bicyclic) bond motifs is 1. The van der Waals surface area contributed by atoms with Crippen molar-refractivity contribution >= 4 is 22.6 Å². The third-order valence-electron chi connectivity index (χ3n) is 4.18. The number of rotatable bonds is 4. The molecule has 150 valence electrons. The number of carbonyl (C=O) groups excluding carboxylic acids is 2. The molecule has 5 nitrogen and oxygen atoms in total. The van der Waals surface area contributed by atoms with Crippen molar-refractivity contribution in [3.05, 3.63) is 77.9 Å². The molecule has 3 aromatic rings. The Balaban J connectivity index is 1.55. The summed E-state index contributed by atoms with van der Waals surface area (Å²) < 4.78 is 43.3. The third-order valence-corrected chi connectivity index (χ3v) is 4.18. The van der Waals surface area contributed by atoms with E-state index in [-0.39, 0.29) is 5.56 Å². The van der Waals surface area contributed by atoms with Gasteiger partial charge in [0.05, 0.1) is 5.56 Å². The van der Waals surface area contributed by atoms with Crippen LogP contribution in [0.25, 0.3) is 10.8 Å². The Morgan fingerprint density at radius 3 is 2.21 bits per heavy atom. The predicted molar refractivity (Wildman–Crippen MR) is 101 cm³/mol. The Hall–Kier alpha value is -3.55. The van der Waals surface area contributed by atoms with E-state index in [1.54, 1.807) is 12.1 Å². The number of ether oxygens (including phenoxy) is 1. The lowest BCUT2D eigenvalue weighted by Gasteiger charge is -2.15. The number of hydrogen-bond donors (Lipinski definition) is 2. The summed E-state index contributed by atoms with van der Waals surface area (Å²) in [6.45, 7) is 1.51. The van der Waals surface area contributed by atoms with E-state index in [1.165, 1.54) is 6.92 Å². The number of benzene rings is 3. The predicted octanol–water partition coefficient (Wildman–Crippen LogP) is 4.09. The zero-order valence-electron chi connectivity index (χ0n) is 15.3. The molecule has 3 aromatic carbocycles. The number of hydrogen-bond acceptors (Lipinski definition) is 3. The average Bonchev–Trinajstić information content (AvgIpc) is 2.71. The lowest BCUT2D eigenvalue weighted by molar-refractivity contribution is -0.137. The highest BCUT2D eigenvalue weighted by molar-refractivity contribution is 5.95. The van der Waals surface area contributed by atoms with Crippen LogP contribution in [-0.4, -0.2) is 17.9 Å². The van der Waals surface area contributed by atoms with E-state index in [1.807, 2.05) is 30.3 Å². The first kappa shape index (κ1) is 20.2. The van der Waals surface area contributed by atoms with Gasteiger partial charge in [-0.25, -0.2) is 0 Å². The molecule has 0 aliphatic heterocycles. The number of halogens is 3. The fourth-order valence-electron chi connectivity index (χ4n) is 2.60. The molecule has 0 aromatic heterocycles. The Kier molecular flexibility index (Phi) is 5.72. The number of carbonyl (C=O) groups is 2. The van der Waals surface area contributed by atoms with Crippen molar-refractivity contribution in [1.29, 1.82) is 0 Å². The summed E-state index contributed by atoms with van der Waals surface area (Å²) in [6.07, 6.45) is -5.40. The quantitative estimate of drug-likeness (QED) is 0.646. The van der Waals surface area contributed by atoms with Gasteiger partial charge < -0.3 is 4.74 Å². The Bertz CT molecular complexity index is 1030. The van der Waals surface area contributed by atoms with E-state index in [9.17, 15) is 22.8 Å². The van der Waals surface area contributed by atoms with E-state index in [0.29, 0.717) is 5.75 Å². The van der Waals surface area contributed by atoms with Crippen molar-refractivity contribution in [2.75, 3.05) is 0 Å². The molecule has 0 unspecified atom stereocenters. The van der Waals surface area contributed by atoms with Crippen molar-refractivity contribution in [1.82, 2.24) is 10.9 Å². The van der Waals surface area contributed by atoms with Gasteiger partial charge in [0.15, 0.2) is 6.10 Å². The Labute approximate surface area is 164 Å². The molecule has 3 rings (SSSR count). The average molecular weight is 402 g/mol. The van der Waals surface area contributed by atoms with E-state index in [4.69, 9.17) is 4.74 Å². The molecule has 29 heavy (non-hydrogen) atoms. The summed E-state index contributed by atoms with van der Waals surface area (Å²) in [7, 11) is 0. The molecule has 2 N–H and O–H groups in total. The molecule has 0 radical (unpaired) electrons.